The molecule has 0 bridgehead atoms. The highest BCUT2D eigenvalue weighted by molar-refractivity contribution is 5.95. The van der Waals surface area contributed by atoms with Crippen molar-refractivity contribution in [3.8, 4) is 0 Å². The molecule has 7 nitrogen and oxygen atoms in total. The van der Waals surface area contributed by atoms with Crippen LogP contribution in [0.4, 0.5) is 0 Å². The van der Waals surface area contributed by atoms with Crippen LogP contribution in [-0.2, 0) is 23.7 Å². The zero-order valence-corrected chi connectivity index (χ0v) is 11.5. The van der Waals surface area contributed by atoms with Crippen LogP contribution < -0.4 is 0 Å². The highest BCUT2D eigenvalue weighted by Gasteiger charge is 2.56. The maximum Gasteiger partial charge on any atom is 0.193 e. The quantitative estimate of drug-likeness (QED) is 0.563. The fraction of sp³-hybridized carbons (Fsp3) is 0.917. The predicted octanol–water partition coefficient (Wildman–Crippen LogP) is 0.845. The van der Waals surface area contributed by atoms with Gasteiger partial charge in [-0.3, -0.25) is 0 Å². The summed E-state index contributed by atoms with van der Waals surface area (Å²) in [6.45, 7) is 7.61. The average Bonchev–Trinajstić information content (AvgIpc) is 2.87. The van der Waals surface area contributed by atoms with Gasteiger partial charge in [-0.25, -0.2) is 0 Å². The molecule has 0 saturated carbocycles. The van der Waals surface area contributed by atoms with Gasteiger partial charge in [-0.2, -0.15) is 0 Å². The fourth-order valence-corrected chi connectivity index (χ4v) is 2.66. The van der Waals surface area contributed by atoms with E-state index in [-0.39, 0.29) is 6.10 Å². The van der Waals surface area contributed by atoms with Crippen LogP contribution in [-0.4, -0.2) is 53.7 Å². The maximum absolute atomic E-state index is 9.22. The molecule has 3 aliphatic heterocycles. The SMILES string of the molecule is CC1(C)OCC(C2OC3OC(C)(C)OC3/C2=N\O)O1. The van der Waals surface area contributed by atoms with Gasteiger partial charge in [0.1, 0.15) is 17.9 Å². The molecule has 4 atom stereocenters. The molecule has 3 heterocycles. The van der Waals surface area contributed by atoms with Crippen molar-refractivity contribution in [3.05, 3.63) is 0 Å². The van der Waals surface area contributed by atoms with Crippen LogP contribution in [0.15, 0.2) is 5.16 Å². The molecule has 0 spiro atoms. The average molecular weight is 273 g/mol. The number of oxime groups is 1. The van der Waals surface area contributed by atoms with Gasteiger partial charge in [0.05, 0.1) is 6.61 Å². The lowest BCUT2D eigenvalue weighted by Gasteiger charge is -2.24. The molecule has 0 aromatic carbocycles. The normalized spacial score (nSPS) is 45.8. The molecule has 0 amide bonds. The second-order valence-corrected chi connectivity index (χ2v) is 5.87. The van der Waals surface area contributed by atoms with E-state index in [0.717, 1.165) is 0 Å². The van der Waals surface area contributed by atoms with Crippen LogP contribution in [0.1, 0.15) is 27.7 Å². The summed E-state index contributed by atoms with van der Waals surface area (Å²) < 4.78 is 28.3. The first kappa shape index (κ1) is 13.3. The van der Waals surface area contributed by atoms with E-state index in [1.807, 2.05) is 13.8 Å². The van der Waals surface area contributed by atoms with Crippen molar-refractivity contribution >= 4 is 5.71 Å². The molecule has 0 aromatic heterocycles. The van der Waals surface area contributed by atoms with Crippen molar-refractivity contribution in [2.75, 3.05) is 6.61 Å². The van der Waals surface area contributed by atoms with E-state index < -0.39 is 30.1 Å². The van der Waals surface area contributed by atoms with Crippen molar-refractivity contribution < 1.29 is 28.9 Å². The minimum atomic E-state index is -0.747. The first-order chi connectivity index (χ1) is 8.81. The van der Waals surface area contributed by atoms with E-state index in [2.05, 4.69) is 5.16 Å². The van der Waals surface area contributed by atoms with Gasteiger partial charge in [-0.1, -0.05) is 5.16 Å². The van der Waals surface area contributed by atoms with E-state index in [9.17, 15) is 5.21 Å². The van der Waals surface area contributed by atoms with E-state index in [1.165, 1.54) is 0 Å². The Morgan fingerprint density at radius 3 is 2.37 bits per heavy atom. The molecular weight excluding hydrogens is 254 g/mol. The van der Waals surface area contributed by atoms with E-state index in [0.29, 0.717) is 12.3 Å². The third-order valence-electron chi connectivity index (χ3n) is 3.41. The van der Waals surface area contributed by atoms with Gasteiger partial charge in [0.15, 0.2) is 24.0 Å². The standard InChI is InChI=1S/C12H19NO6/c1-11(2)15-5-6(17-11)8-7(13-14)9-10(16-8)19-12(3,4)18-9/h6,8-10,14H,5H2,1-4H3/b13-7-. The Morgan fingerprint density at radius 1 is 1.05 bits per heavy atom. The summed E-state index contributed by atoms with van der Waals surface area (Å²) in [7, 11) is 0. The largest absolute Gasteiger partial charge is 0.411 e. The summed E-state index contributed by atoms with van der Waals surface area (Å²) in [6.07, 6.45) is -1.92. The van der Waals surface area contributed by atoms with Crippen molar-refractivity contribution in [2.45, 2.75) is 63.9 Å². The molecule has 108 valence electrons. The monoisotopic (exact) mass is 273 g/mol. The van der Waals surface area contributed by atoms with Crippen LogP contribution in [0.25, 0.3) is 0 Å². The molecule has 0 radical (unpaired) electrons. The summed E-state index contributed by atoms with van der Waals surface area (Å²) in [5.74, 6) is -1.41. The van der Waals surface area contributed by atoms with E-state index in [1.54, 1.807) is 13.8 Å². The molecule has 0 aliphatic carbocycles. The highest BCUT2D eigenvalue weighted by Crippen LogP contribution is 2.39. The number of ether oxygens (including phenoxy) is 5. The van der Waals surface area contributed by atoms with Gasteiger partial charge in [0.2, 0.25) is 0 Å². The first-order valence-corrected chi connectivity index (χ1v) is 6.36. The number of fused-ring (bicyclic) bond motifs is 1. The summed E-state index contributed by atoms with van der Waals surface area (Å²) in [6, 6.07) is 0. The maximum atomic E-state index is 9.22. The minimum Gasteiger partial charge on any atom is -0.411 e. The van der Waals surface area contributed by atoms with Crippen LogP contribution in [0, 0.1) is 0 Å². The van der Waals surface area contributed by atoms with Crippen molar-refractivity contribution in [2.24, 2.45) is 5.16 Å². The third-order valence-corrected chi connectivity index (χ3v) is 3.41. The second kappa shape index (κ2) is 4.13. The third kappa shape index (κ3) is 2.25. The molecule has 3 fully saturated rings. The number of hydrogen-bond donors (Lipinski definition) is 1. The molecule has 3 aliphatic rings. The van der Waals surface area contributed by atoms with E-state index in [4.69, 9.17) is 23.7 Å². The molecular formula is C12H19NO6. The summed E-state index contributed by atoms with van der Waals surface area (Å²) in [5.41, 5.74) is 0.391. The number of hydrogen-bond acceptors (Lipinski definition) is 7. The molecule has 1 N–H and O–H groups in total. The van der Waals surface area contributed by atoms with Gasteiger partial charge in [0.25, 0.3) is 0 Å². The smallest absolute Gasteiger partial charge is 0.193 e. The fourth-order valence-electron chi connectivity index (χ4n) is 2.66. The Morgan fingerprint density at radius 2 is 1.79 bits per heavy atom. The summed E-state index contributed by atoms with van der Waals surface area (Å²) in [5, 5.41) is 12.5. The molecule has 4 unspecified atom stereocenters. The predicted molar refractivity (Wildman–Crippen MR) is 62.8 cm³/mol. The first-order valence-electron chi connectivity index (χ1n) is 6.36. The van der Waals surface area contributed by atoms with E-state index >= 15 is 0 Å². The molecule has 3 rings (SSSR count). The van der Waals surface area contributed by atoms with Crippen molar-refractivity contribution in [1.82, 2.24) is 0 Å². The summed E-state index contributed by atoms with van der Waals surface area (Å²) in [4.78, 5) is 0. The van der Waals surface area contributed by atoms with Crippen molar-refractivity contribution in [3.63, 3.8) is 0 Å². The molecule has 19 heavy (non-hydrogen) atoms. The highest BCUT2D eigenvalue weighted by atomic mass is 16.8. The number of rotatable bonds is 1. The zero-order valence-electron chi connectivity index (χ0n) is 11.5. The zero-order chi connectivity index (χ0) is 13.8. The Hall–Kier alpha value is -0.730. The lowest BCUT2D eigenvalue weighted by Crippen LogP contribution is -2.39. The molecule has 7 heteroatoms. The van der Waals surface area contributed by atoms with Gasteiger partial charge < -0.3 is 28.9 Å². The molecule has 0 aromatic rings. The lowest BCUT2D eigenvalue weighted by molar-refractivity contribution is -0.211. The van der Waals surface area contributed by atoms with Crippen LogP contribution in [0.3, 0.4) is 0 Å². The second-order valence-electron chi connectivity index (χ2n) is 5.87. The van der Waals surface area contributed by atoms with Gasteiger partial charge in [-0.05, 0) is 27.7 Å². The van der Waals surface area contributed by atoms with Crippen molar-refractivity contribution in [1.29, 1.82) is 0 Å². The summed E-state index contributed by atoms with van der Waals surface area (Å²) >= 11 is 0. The van der Waals surface area contributed by atoms with Gasteiger partial charge >= 0.3 is 0 Å². The Balaban J connectivity index is 1.76. The van der Waals surface area contributed by atoms with Crippen LogP contribution in [0.2, 0.25) is 0 Å². The topological polar surface area (TPSA) is 78.7 Å². The van der Waals surface area contributed by atoms with Crippen LogP contribution in [0.5, 0.6) is 0 Å². The lowest BCUT2D eigenvalue weighted by atomic mass is 10.1. The van der Waals surface area contributed by atoms with Gasteiger partial charge in [0, 0.05) is 0 Å². The van der Waals surface area contributed by atoms with Gasteiger partial charge in [-0.15, -0.1) is 0 Å². The van der Waals surface area contributed by atoms with Crippen LogP contribution >= 0.6 is 0 Å². The Labute approximate surface area is 111 Å². The number of nitrogens with zero attached hydrogens (tertiary/aromatic N) is 1. The Bertz CT molecular complexity index is 407. The Kier molecular flexibility index (Phi) is 2.88. The molecule has 3 saturated heterocycles. The minimum absolute atomic E-state index is 0.332.